The minimum Gasteiger partial charge on any atom is -0.377 e. The summed E-state index contributed by atoms with van der Waals surface area (Å²) in [6.45, 7) is 7.12. The number of aromatic nitrogens is 6. The standard InChI is InChI=1S/C26H29ClF3N7/c1-4-35-15-23(26(28,29)30)33-25(35)17-8-10-18(11-9-17)32-20-7-5-6-12-36-22(20)13-21(34-36)24-19(27)14-31-37(24)16(2)3/h8-11,13-16,20,32H,4-7,12H2,1-3H3. The number of imidazole rings is 1. The predicted molar refractivity (Wildman–Crippen MR) is 137 cm³/mol. The van der Waals surface area contributed by atoms with Gasteiger partial charge in [-0.25, -0.2) is 4.98 Å². The number of alkyl halides is 3. The van der Waals surface area contributed by atoms with Crippen LogP contribution < -0.4 is 5.32 Å². The summed E-state index contributed by atoms with van der Waals surface area (Å²) in [5.74, 6) is 0.303. The highest BCUT2D eigenvalue weighted by molar-refractivity contribution is 6.32. The van der Waals surface area contributed by atoms with Crippen molar-refractivity contribution in [3.05, 3.63) is 59.1 Å². The first-order valence-corrected chi connectivity index (χ1v) is 12.9. The van der Waals surface area contributed by atoms with Gasteiger partial charge in [0, 0.05) is 36.6 Å². The second kappa shape index (κ2) is 9.89. The smallest absolute Gasteiger partial charge is 0.377 e. The van der Waals surface area contributed by atoms with Crippen LogP contribution in [0.2, 0.25) is 5.02 Å². The average molecular weight is 532 g/mol. The molecule has 0 radical (unpaired) electrons. The molecule has 0 saturated carbocycles. The molecule has 0 aliphatic carbocycles. The molecular formula is C26H29ClF3N7. The monoisotopic (exact) mass is 531 g/mol. The molecule has 0 bridgehead atoms. The van der Waals surface area contributed by atoms with Crippen LogP contribution in [0.15, 0.2) is 42.7 Å². The van der Waals surface area contributed by atoms with Gasteiger partial charge in [0.2, 0.25) is 0 Å². The molecule has 196 valence electrons. The van der Waals surface area contributed by atoms with Gasteiger partial charge in [-0.15, -0.1) is 0 Å². The van der Waals surface area contributed by atoms with Crippen LogP contribution in [0.4, 0.5) is 18.9 Å². The van der Waals surface area contributed by atoms with Crippen molar-refractivity contribution < 1.29 is 13.2 Å². The van der Waals surface area contributed by atoms with Crippen LogP contribution in [-0.2, 0) is 19.3 Å². The maximum atomic E-state index is 13.2. The summed E-state index contributed by atoms with van der Waals surface area (Å²) in [4.78, 5) is 3.85. The molecule has 3 aromatic heterocycles. The quantitative estimate of drug-likeness (QED) is 0.285. The highest BCUT2D eigenvalue weighted by Crippen LogP contribution is 2.35. The lowest BCUT2D eigenvalue weighted by Gasteiger charge is -2.19. The van der Waals surface area contributed by atoms with E-state index in [0.717, 1.165) is 54.8 Å². The van der Waals surface area contributed by atoms with Gasteiger partial charge in [0.25, 0.3) is 0 Å². The molecule has 4 aromatic rings. The Morgan fingerprint density at radius 3 is 2.59 bits per heavy atom. The molecule has 0 amide bonds. The van der Waals surface area contributed by atoms with E-state index >= 15 is 0 Å². The number of nitrogens with zero attached hydrogens (tertiary/aromatic N) is 6. The summed E-state index contributed by atoms with van der Waals surface area (Å²) in [5, 5.41) is 13.5. The van der Waals surface area contributed by atoms with Crippen LogP contribution in [0, 0.1) is 0 Å². The fraction of sp³-hybridized carbons (Fsp3) is 0.423. The van der Waals surface area contributed by atoms with Crippen molar-refractivity contribution in [3.63, 3.8) is 0 Å². The highest BCUT2D eigenvalue weighted by atomic mass is 35.5. The third kappa shape index (κ3) is 4.99. The van der Waals surface area contributed by atoms with Gasteiger partial charge in [-0.05, 0) is 70.4 Å². The van der Waals surface area contributed by atoms with Gasteiger partial charge in [0.15, 0.2) is 5.69 Å². The van der Waals surface area contributed by atoms with E-state index in [4.69, 9.17) is 16.7 Å². The van der Waals surface area contributed by atoms with Gasteiger partial charge in [-0.3, -0.25) is 9.36 Å². The maximum absolute atomic E-state index is 13.2. The van der Waals surface area contributed by atoms with E-state index in [0.29, 0.717) is 23.0 Å². The van der Waals surface area contributed by atoms with Crippen molar-refractivity contribution in [2.75, 3.05) is 5.32 Å². The zero-order valence-corrected chi connectivity index (χ0v) is 21.7. The molecule has 5 rings (SSSR count). The number of halogens is 4. The van der Waals surface area contributed by atoms with Crippen molar-refractivity contribution in [2.45, 2.75) is 71.4 Å². The number of aryl methyl sites for hydroxylation is 2. The molecule has 0 spiro atoms. The number of nitrogens with one attached hydrogen (secondary N) is 1. The first-order chi connectivity index (χ1) is 17.7. The lowest BCUT2D eigenvalue weighted by Crippen LogP contribution is -2.13. The Kier molecular flexibility index (Phi) is 6.78. The van der Waals surface area contributed by atoms with Gasteiger partial charge < -0.3 is 9.88 Å². The Balaban J connectivity index is 1.41. The number of anilines is 1. The molecule has 11 heteroatoms. The molecular weight excluding hydrogens is 503 g/mol. The van der Waals surface area contributed by atoms with Gasteiger partial charge in [0.1, 0.15) is 17.2 Å². The molecule has 7 nitrogen and oxygen atoms in total. The first-order valence-electron chi connectivity index (χ1n) is 12.5. The summed E-state index contributed by atoms with van der Waals surface area (Å²) >= 11 is 6.48. The fourth-order valence-electron chi connectivity index (χ4n) is 4.82. The van der Waals surface area contributed by atoms with Crippen molar-refractivity contribution in [1.29, 1.82) is 0 Å². The summed E-state index contributed by atoms with van der Waals surface area (Å²) < 4.78 is 45.0. The average Bonchev–Trinajstić information content (AvgIpc) is 3.55. The van der Waals surface area contributed by atoms with E-state index in [-0.39, 0.29) is 12.1 Å². The van der Waals surface area contributed by atoms with Crippen molar-refractivity contribution in [1.82, 2.24) is 29.1 Å². The minimum atomic E-state index is -4.48. The van der Waals surface area contributed by atoms with E-state index in [2.05, 4.69) is 35.3 Å². The summed E-state index contributed by atoms with van der Waals surface area (Å²) in [6, 6.07) is 9.62. The lowest BCUT2D eigenvalue weighted by molar-refractivity contribution is -0.140. The molecule has 1 N–H and O–H groups in total. The number of rotatable bonds is 6. The predicted octanol–water partition coefficient (Wildman–Crippen LogP) is 7.22. The van der Waals surface area contributed by atoms with Crippen molar-refractivity contribution in [2.24, 2.45) is 0 Å². The van der Waals surface area contributed by atoms with Crippen LogP contribution in [0.5, 0.6) is 0 Å². The van der Waals surface area contributed by atoms with Crippen LogP contribution in [-0.4, -0.2) is 29.1 Å². The summed E-state index contributed by atoms with van der Waals surface area (Å²) in [6.07, 6.45) is 1.23. The molecule has 0 saturated heterocycles. The largest absolute Gasteiger partial charge is 0.434 e. The minimum absolute atomic E-state index is 0.0262. The molecule has 1 aliphatic rings. The summed E-state index contributed by atoms with van der Waals surface area (Å²) in [7, 11) is 0. The topological polar surface area (TPSA) is 65.5 Å². The molecule has 0 fully saturated rings. The molecule has 1 atom stereocenters. The number of hydrogen-bond donors (Lipinski definition) is 1. The second-order valence-electron chi connectivity index (χ2n) is 9.56. The molecule has 1 aliphatic heterocycles. The van der Waals surface area contributed by atoms with E-state index in [1.807, 2.05) is 21.5 Å². The van der Waals surface area contributed by atoms with Crippen molar-refractivity contribution >= 4 is 17.3 Å². The van der Waals surface area contributed by atoms with Crippen LogP contribution in [0.1, 0.15) is 63.5 Å². The normalized spacial score (nSPS) is 16.2. The number of fused-ring (bicyclic) bond motifs is 1. The van der Waals surface area contributed by atoms with Gasteiger partial charge >= 0.3 is 6.18 Å². The SMILES string of the molecule is CCn1cc(C(F)(F)F)nc1-c1ccc(NC2CCCCn3nc(-c4c(Cl)cnn4C(C)C)cc32)cc1. The Morgan fingerprint density at radius 2 is 1.92 bits per heavy atom. The second-order valence-corrected chi connectivity index (χ2v) is 9.97. The molecule has 4 heterocycles. The third-order valence-corrected chi connectivity index (χ3v) is 6.93. The van der Waals surface area contributed by atoms with E-state index in [1.165, 1.54) is 4.57 Å². The van der Waals surface area contributed by atoms with E-state index < -0.39 is 11.9 Å². The zero-order chi connectivity index (χ0) is 26.3. The van der Waals surface area contributed by atoms with Gasteiger partial charge in [0.05, 0.1) is 23.0 Å². The Labute approximate surface area is 218 Å². The fourth-order valence-corrected chi connectivity index (χ4v) is 5.05. The highest BCUT2D eigenvalue weighted by Gasteiger charge is 2.35. The molecule has 37 heavy (non-hydrogen) atoms. The number of benzene rings is 1. The van der Waals surface area contributed by atoms with Crippen LogP contribution in [0.3, 0.4) is 0 Å². The summed E-state index contributed by atoms with van der Waals surface area (Å²) in [5.41, 5.74) is 3.30. The lowest BCUT2D eigenvalue weighted by atomic mass is 10.1. The molecule has 1 unspecified atom stereocenters. The molecule has 1 aromatic carbocycles. The first kappa shape index (κ1) is 25.4. The van der Waals surface area contributed by atoms with E-state index in [1.54, 1.807) is 25.3 Å². The van der Waals surface area contributed by atoms with E-state index in [9.17, 15) is 13.2 Å². The maximum Gasteiger partial charge on any atom is 0.434 e. The van der Waals surface area contributed by atoms with Gasteiger partial charge in [-0.1, -0.05) is 11.6 Å². The zero-order valence-electron chi connectivity index (χ0n) is 20.9. The van der Waals surface area contributed by atoms with Gasteiger partial charge in [-0.2, -0.15) is 23.4 Å². The Bertz CT molecular complexity index is 1380. The van der Waals surface area contributed by atoms with Crippen LogP contribution >= 0.6 is 11.6 Å². The Morgan fingerprint density at radius 1 is 1.16 bits per heavy atom. The third-order valence-electron chi connectivity index (χ3n) is 6.66. The van der Waals surface area contributed by atoms with Crippen molar-refractivity contribution in [3.8, 4) is 22.8 Å². The van der Waals surface area contributed by atoms with Crippen LogP contribution in [0.25, 0.3) is 22.8 Å². The number of hydrogen-bond acceptors (Lipinski definition) is 4. The Hall–Kier alpha value is -3.27.